The van der Waals surface area contributed by atoms with Gasteiger partial charge in [-0.3, -0.25) is 14.5 Å². The second-order valence-electron chi connectivity index (χ2n) is 7.50. The summed E-state index contributed by atoms with van der Waals surface area (Å²) in [6, 6.07) is 12.2. The third-order valence-corrected chi connectivity index (χ3v) is 5.47. The standard InChI is InChI=1S/C25H24N2O7/c1-5-33-16-11-9-15(10-12-16)22(28)20-21(17-7-6-8-18(31-3)24(17)32-4)27(25(30)23(20)29)19-13-14(2)34-26-19/h6-13,21,28H,5H2,1-4H3/b22-20+/t21-/m0/s1. The highest BCUT2D eigenvalue weighted by atomic mass is 16.5. The van der Waals surface area contributed by atoms with Gasteiger partial charge in [0.2, 0.25) is 0 Å². The average molecular weight is 464 g/mol. The topological polar surface area (TPSA) is 111 Å². The van der Waals surface area contributed by atoms with Crippen LogP contribution in [0.5, 0.6) is 17.2 Å². The first kappa shape index (κ1) is 22.9. The van der Waals surface area contributed by atoms with Gasteiger partial charge in [0.05, 0.1) is 26.4 Å². The van der Waals surface area contributed by atoms with Crippen molar-refractivity contribution in [2.24, 2.45) is 0 Å². The molecule has 0 spiro atoms. The molecule has 0 radical (unpaired) electrons. The number of aliphatic hydroxyl groups is 1. The van der Waals surface area contributed by atoms with Gasteiger partial charge in [0.1, 0.15) is 23.3 Å². The summed E-state index contributed by atoms with van der Waals surface area (Å²) in [7, 11) is 2.94. The van der Waals surface area contributed by atoms with E-state index in [2.05, 4.69) is 5.16 Å². The number of para-hydroxylation sites is 1. The Morgan fingerprint density at radius 2 is 1.85 bits per heavy atom. The second kappa shape index (κ2) is 9.30. The van der Waals surface area contributed by atoms with E-state index in [0.717, 1.165) is 0 Å². The van der Waals surface area contributed by atoms with Gasteiger partial charge < -0.3 is 23.8 Å². The zero-order valence-electron chi connectivity index (χ0n) is 19.2. The number of hydrogen-bond acceptors (Lipinski definition) is 8. The molecule has 34 heavy (non-hydrogen) atoms. The van der Waals surface area contributed by atoms with Crippen molar-refractivity contribution in [2.45, 2.75) is 19.9 Å². The Morgan fingerprint density at radius 3 is 2.44 bits per heavy atom. The van der Waals surface area contributed by atoms with Crippen molar-refractivity contribution in [3.63, 3.8) is 0 Å². The number of anilines is 1. The lowest BCUT2D eigenvalue weighted by Crippen LogP contribution is -2.30. The SMILES string of the molecule is CCOc1ccc(/C(O)=C2\C(=O)C(=O)N(c3cc(C)on3)[C@H]2c2cccc(OC)c2OC)cc1. The van der Waals surface area contributed by atoms with Crippen molar-refractivity contribution in [3.05, 3.63) is 71.0 Å². The Labute approximate surface area is 196 Å². The number of ketones is 1. The van der Waals surface area contributed by atoms with E-state index in [1.165, 1.54) is 19.1 Å². The van der Waals surface area contributed by atoms with Gasteiger partial charge in [-0.05, 0) is 44.2 Å². The van der Waals surface area contributed by atoms with Gasteiger partial charge in [-0.15, -0.1) is 0 Å². The minimum absolute atomic E-state index is 0.110. The van der Waals surface area contributed by atoms with Crippen molar-refractivity contribution >= 4 is 23.3 Å². The summed E-state index contributed by atoms with van der Waals surface area (Å²) in [5.41, 5.74) is 0.681. The van der Waals surface area contributed by atoms with Crippen LogP contribution in [0.1, 0.15) is 29.9 Å². The molecular formula is C25H24N2O7. The van der Waals surface area contributed by atoms with E-state index in [1.54, 1.807) is 55.5 Å². The highest BCUT2D eigenvalue weighted by Crippen LogP contribution is 2.47. The summed E-state index contributed by atoms with van der Waals surface area (Å²) < 4.78 is 21.6. The summed E-state index contributed by atoms with van der Waals surface area (Å²) in [6.45, 7) is 4.03. The number of aromatic nitrogens is 1. The minimum atomic E-state index is -1.04. The molecule has 0 bridgehead atoms. The lowest BCUT2D eigenvalue weighted by atomic mass is 9.94. The monoisotopic (exact) mass is 464 g/mol. The number of hydrogen-bond donors (Lipinski definition) is 1. The van der Waals surface area contributed by atoms with Crippen LogP contribution in [0.4, 0.5) is 5.82 Å². The predicted molar refractivity (Wildman–Crippen MR) is 123 cm³/mol. The normalized spacial score (nSPS) is 17.2. The van der Waals surface area contributed by atoms with Crippen molar-refractivity contribution < 1.29 is 33.4 Å². The van der Waals surface area contributed by atoms with Gasteiger partial charge in [-0.2, -0.15) is 0 Å². The second-order valence-corrected chi connectivity index (χ2v) is 7.50. The number of carbonyl (C=O) groups excluding carboxylic acids is 2. The van der Waals surface area contributed by atoms with Crippen LogP contribution in [0.25, 0.3) is 5.76 Å². The fourth-order valence-corrected chi connectivity index (χ4v) is 3.99. The Morgan fingerprint density at radius 1 is 1.12 bits per heavy atom. The third-order valence-electron chi connectivity index (χ3n) is 5.47. The molecule has 0 saturated carbocycles. The van der Waals surface area contributed by atoms with Crippen LogP contribution in [0.2, 0.25) is 0 Å². The number of benzene rings is 2. The van der Waals surface area contributed by atoms with E-state index < -0.39 is 17.7 Å². The Hall–Kier alpha value is -4.27. The molecule has 1 aliphatic rings. The van der Waals surface area contributed by atoms with E-state index in [-0.39, 0.29) is 17.2 Å². The molecule has 9 heteroatoms. The molecule has 4 rings (SSSR count). The van der Waals surface area contributed by atoms with Gasteiger partial charge in [-0.1, -0.05) is 17.3 Å². The van der Waals surface area contributed by atoms with Gasteiger partial charge >= 0.3 is 5.91 Å². The fraction of sp³-hybridized carbons (Fsp3) is 0.240. The Bertz CT molecular complexity index is 1260. The molecule has 1 fully saturated rings. The van der Waals surface area contributed by atoms with Crippen molar-refractivity contribution in [1.29, 1.82) is 0 Å². The molecule has 1 aromatic heterocycles. The zero-order valence-corrected chi connectivity index (χ0v) is 19.2. The number of methoxy groups -OCH3 is 2. The summed E-state index contributed by atoms with van der Waals surface area (Å²) >= 11 is 0. The number of ether oxygens (including phenoxy) is 3. The maximum atomic E-state index is 13.3. The average Bonchev–Trinajstić information content (AvgIpc) is 3.39. The van der Waals surface area contributed by atoms with Gasteiger partial charge in [0.15, 0.2) is 17.3 Å². The quantitative estimate of drug-likeness (QED) is 0.317. The van der Waals surface area contributed by atoms with E-state index in [9.17, 15) is 14.7 Å². The van der Waals surface area contributed by atoms with Gasteiger partial charge in [0, 0.05) is 17.2 Å². The van der Waals surface area contributed by atoms with E-state index in [1.807, 2.05) is 6.92 Å². The first-order valence-corrected chi connectivity index (χ1v) is 10.6. The highest BCUT2D eigenvalue weighted by Gasteiger charge is 2.49. The number of aliphatic hydroxyl groups excluding tert-OH is 1. The maximum Gasteiger partial charge on any atom is 0.301 e. The third kappa shape index (κ3) is 3.85. The molecule has 176 valence electrons. The minimum Gasteiger partial charge on any atom is -0.507 e. The van der Waals surface area contributed by atoms with Crippen LogP contribution in [0.15, 0.2) is 58.6 Å². The molecule has 3 aromatic rings. The van der Waals surface area contributed by atoms with Crippen LogP contribution >= 0.6 is 0 Å². The summed E-state index contributed by atoms with van der Waals surface area (Å²) in [4.78, 5) is 27.6. The lowest BCUT2D eigenvalue weighted by Gasteiger charge is -2.25. The molecule has 0 aliphatic carbocycles. The Balaban J connectivity index is 1.95. The molecule has 0 unspecified atom stereocenters. The fourth-order valence-electron chi connectivity index (χ4n) is 3.99. The van der Waals surface area contributed by atoms with E-state index in [0.29, 0.717) is 40.7 Å². The van der Waals surface area contributed by atoms with E-state index >= 15 is 0 Å². The molecule has 1 saturated heterocycles. The molecular weight excluding hydrogens is 440 g/mol. The number of rotatable bonds is 7. The highest BCUT2D eigenvalue weighted by molar-refractivity contribution is 6.51. The first-order valence-electron chi connectivity index (χ1n) is 10.6. The molecule has 1 amide bonds. The van der Waals surface area contributed by atoms with Gasteiger partial charge in [0.25, 0.3) is 5.78 Å². The number of aryl methyl sites for hydroxylation is 1. The van der Waals surface area contributed by atoms with E-state index in [4.69, 9.17) is 18.7 Å². The molecule has 9 nitrogen and oxygen atoms in total. The number of nitrogens with zero attached hydrogens (tertiary/aromatic N) is 2. The first-order chi connectivity index (χ1) is 16.4. The number of carbonyl (C=O) groups is 2. The van der Waals surface area contributed by atoms with Crippen LogP contribution in [-0.2, 0) is 9.59 Å². The van der Waals surface area contributed by atoms with Crippen molar-refractivity contribution in [3.8, 4) is 17.2 Å². The van der Waals surface area contributed by atoms with Crippen molar-refractivity contribution in [1.82, 2.24) is 5.16 Å². The molecule has 1 N–H and O–H groups in total. The predicted octanol–water partition coefficient (Wildman–Crippen LogP) is 4.03. The summed E-state index contributed by atoms with van der Waals surface area (Å²) in [6.07, 6.45) is 0. The Kier molecular flexibility index (Phi) is 6.27. The van der Waals surface area contributed by atoms with Crippen molar-refractivity contribution in [2.75, 3.05) is 25.7 Å². The molecule has 2 aromatic carbocycles. The summed E-state index contributed by atoms with van der Waals surface area (Å²) in [5.74, 6) is -0.108. The van der Waals surface area contributed by atoms with Crippen LogP contribution in [0, 0.1) is 6.92 Å². The number of amides is 1. The zero-order chi connectivity index (χ0) is 24.4. The maximum absolute atomic E-state index is 13.3. The van der Waals surface area contributed by atoms with Crippen LogP contribution < -0.4 is 19.1 Å². The lowest BCUT2D eigenvalue weighted by molar-refractivity contribution is -0.132. The summed E-state index contributed by atoms with van der Waals surface area (Å²) in [5, 5.41) is 15.2. The van der Waals surface area contributed by atoms with Gasteiger partial charge in [-0.25, -0.2) is 0 Å². The smallest absolute Gasteiger partial charge is 0.301 e. The number of Topliss-reactive ketones (excluding diaryl/α,β-unsaturated/α-hetero) is 1. The molecule has 1 aliphatic heterocycles. The molecule has 2 heterocycles. The largest absolute Gasteiger partial charge is 0.507 e. The molecule has 1 atom stereocenters. The van der Waals surface area contributed by atoms with Crippen LogP contribution in [0.3, 0.4) is 0 Å². The van der Waals surface area contributed by atoms with Crippen LogP contribution in [-0.4, -0.2) is 42.8 Å².